The molecule has 0 amide bonds. The second-order valence-electron chi connectivity index (χ2n) is 4.67. The molecular formula is C13H14Cl4O2. The van der Waals surface area contributed by atoms with Crippen molar-refractivity contribution in [2.24, 2.45) is 0 Å². The zero-order valence-electron chi connectivity index (χ0n) is 10.3. The number of aliphatic hydroxyl groups is 1. The van der Waals surface area contributed by atoms with Gasteiger partial charge in [-0.1, -0.05) is 64.6 Å². The Bertz CT molecular complexity index is 457. The van der Waals surface area contributed by atoms with E-state index in [1.54, 1.807) is 24.3 Å². The lowest BCUT2D eigenvalue weighted by Gasteiger charge is -2.50. The molecule has 1 aliphatic rings. The van der Waals surface area contributed by atoms with E-state index < -0.39 is 14.3 Å². The van der Waals surface area contributed by atoms with Gasteiger partial charge in [-0.05, 0) is 25.3 Å². The quantitative estimate of drug-likeness (QED) is 0.805. The van der Waals surface area contributed by atoms with Crippen LogP contribution in [0.15, 0.2) is 24.3 Å². The van der Waals surface area contributed by atoms with E-state index >= 15 is 0 Å². The Labute approximate surface area is 132 Å². The highest BCUT2D eigenvalue weighted by Crippen LogP contribution is 2.61. The molecule has 1 saturated carbocycles. The van der Waals surface area contributed by atoms with Crippen molar-refractivity contribution in [3.05, 3.63) is 29.8 Å². The molecule has 1 aliphatic carbocycles. The average Bonchev–Trinajstić information content (AvgIpc) is 2.35. The van der Waals surface area contributed by atoms with Crippen molar-refractivity contribution in [3.8, 4) is 5.75 Å². The lowest BCUT2D eigenvalue weighted by atomic mass is 9.77. The summed E-state index contributed by atoms with van der Waals surface area (Å²) in [7, 11) is 1.50. The third-order valence-corrected chi connectivity index (χ3v) is 5.39. The topological polar surface area (TPSA) is 29.5 Å². The molecule has 0 spiro atoms. The minimum Gasteiger partial charge on any atom is -0.496 e. The Balaban J connectivity index is 2.66. The second-order valence-corrected chi connectivity index (χ2v) is 7.64. The number of rotatable bonds is 2. The Morgan fingerprint density at radius 1 is 1.05 bits per heavy atom. The zero-order chi connectivity index (χ0) is 14.3. The van der Waals surface area contributed by atoms with Gasteiger partial charge in [0.15, 0.2) is 14.3 Å². The maximum atomic E-state index is 11.1. The summed E-state index contributed by atoms with van der Waals surface area (Å²) in [5, 5.41) is 11.1. The molecule has 6 heteroatoms. The van der Waals surface area contributed by atoms with Crippen LogP contribution < -0.4 is 4.74 Å². The van der Waals surface area contributed by atoms with Crippen LogP contribution >= 0.6 is 46.4 Å². The molecule has 1 fully saturated rings. The number of hydrogen-bond donors (Lipinski definition) is 1. The fourth-order valence-electron chi connectivity index (χ4n) is 2.50. The molecule has 0 heterocycles. The largest absolute Gasteiger partial charge is 0.496 e. The van der Waals surface area contributed by atoms with Crippen LogP contribution in [-0.2, 0) is 5.60 Å². The fraction of sp³-hybridized carbons (Fsp3) is 0.538. The lowest BCUT2D eigenvalue weighted by molar-refractivity contribution is -0.0214. The van der Waals surface area contributed by atoms with Crippen molar-refractivity contribution in [2.75, 3.05) is 7.11 Å². The SMILES string of the molecule is COc1ccccc1C1(O)C(Cl)(Cl)CCCC1(Cl)Cl. The molecule has 0 radical (unpaired) electrons. The van der Waals surface area contributed by atoms with Gasteiger partial charge in [0, 0.05) is 5.56 Å². The molecule has 1 N–H and O–H groups in total. The van der Waals surface area contributed by atoms with Gasteiger partial charge in [0.25, 0.3) is 0 Å². The molecule has 2 nitrogen and oxygen atoms in total. The van der Waals surface area contributed by atoms with E-state index in [4.69, 9.17) is 51.1 Å². The summed E-state index contributed by atoms with van der Waals surface area (Å²) in [5.74, 6) is 0.447. The monoisotopic (exact) mass is 342 g/mol. The van der Waals surface area contributed by atoms with Crippen molar-refractivity contribution in [3.63, 3.8) is 0 Å². The number of benzene rings is 1. The Kier molecular flexibility index (Phi) is 4.22. The Morgan fingerprint density at radius 3 is 2.11 bits per heavy atom. The van der Waals surface area contributed by atoms with Crippen molar-refractivity contribution in [1.82, 2.24) is 0 Å². The van der Waals surface area contributed by atoms with Crippen LogP contribution in [0.5, 0.6) is 5.75 Å². The average molecular weight is 344 g/mol. The molecule has 0 unspecified atom stereocenters. The van der Waals surface area contributed by atoms with Gasteiger partial charge in [0.1, 0.15) is 5.75 Å². The molecular weight excluding hydrogens is 330 g/mol. The van der Waals surface area contributed by atoms with Crippen LogP contribution in [0.25, 0.3) is 0 Å². The molecule has 1 aromatic carbocycles. The van der Waals surface area contributed by atoms with Gasteiger partial charge >= 0.3 is 0 Å². The van der Waals surface area contributed by atoms with E-state index in [1.807, 2.05) is 0 Å². The maximum absolute atomic E-state index is 11.1. The van der Waals surface area contributed by atoms with E-state index in [0.717, 1.165) is 0 Å². The van der Waals surface area contributed by atoms with E-state index in [0.29, 0.717) is 30.6 Å². The van der Waals surface area contributed by atoms with Crippen molar-refractivity contribution < 1.29 is 9.84 Å². The first-order chi connectivity index (χ1) is 8.76. The third-order valence-electron chi connectivity index (χ3n) is 3.54. The summed E-state index contributed by atoms with van der Waals surface area (Å²) in [6.07, 6.45) is 1.43. The van der Waals surface area contributed by atoms with E-state index in [1.165, 1.54) is 7.11 Å². The Hall–Kier alpha value is 0.140. The molecule has 0 saturated heterocycles. The highest BCUT2D eigenvalue weighted by atomic mass is 35.5. The van der Waals surface area contributed by atoms with Crippen molar-refractivity contribution in [2.45, 2.75) is 33.5 Å². The molecule has 0 atom stereocenters. The smallest absolute Gasteiger partial charge is 0.159 e. The first kappa shape index (κ1) is 15.5. The minimum absolute atomic E-state index is 0.395. The summed E-state index contributed by atoms with van der Waals surface area (Å²) in [6, 6.07) is 6.90. The zero-order valence-corrected chi connectivity index (χ0v) is 13.3. The molecule has 0 aromatic heterocycles. The molecule has 2 rings (SSSR count). The van der Waals surface area contributed by atoms with Gasteiger partial charge < -0.3 is 9.84 Å². The predicted molar refractivity (Wildman–Crippen MR) is 79.6 cm³/mol. The number of ether oxygens (including phenoxy) is 1. The van der Waals surface area contributed by atoms with E-state index in [-0.39, 0.29) is 0 Å². The second kappa shape index (κ2) is 5.16. The summed E-state index contributed by atoms with van der Waals surface area (Å²) < 4.78 is 2.29. The molecule has 106 valence electrons. The molecule has 19 heavy (non-hydrogen) atoms. The number of methoxy groups -OCH3 is 1. The van der Waals surface area contributed by atoms with Crippen LogP contribution in [0.1, 0.15) is 24.8 Å². The standard InChI is InChI=1S/C13H14Cl4O2/c1-19-10-6-3-2-5-9(10)13(18)11(14,15)7-4-8-12(13,16)17/h2-3,5-6,18H,4,7-8H2,1H3. The van der Waals surface area contributed by atoms with E-state index in [9.17, 15) is 5.11 Å². The number of hydrogen-bond acceptors (Lipinski definition) is 2. The van der Waals surface area contributed by atoms with Crippen LogP contribution in [0.2, 0.25) is 0 Å². The molecule has 1 aromatic rings. The van der Waals surface area contributed by atoms with Crippen LogP contribution in [0, 0.1) is 0 Å². The number of para-hydroxylation sites is 1. The normalized spacial score (nSPS) is 23.9. The van der Waals surface area contributed by atoms with Gasteiger partial charge in [0.2, 0.25) is 0 Å². The van der Waals surface area contributed by atoms with Gasteiger partial charge in [-0.3, -0.25) is 0 Å². The lowest BCUT2D eigenvalue weighted by Crippen LogP contribution is -2.58. The highest BCUT2D eigenvalue weighted by molar-refractivity contribution is 6.54. The number of alkyl halides is 4. The highest BCUT2D eigenvalue weighted by Gasteiger charge is 2.64. The molecule has 0 bridgehead atoms. The summed E-state index contributed by atoms with van der Waals surface area (Å²) in [6.45, 7) is 0. The first-order valence-electron chi connectivity index (χ1n) is 5.88. The van der Waals surface area contributed by atoms with Gasteiger partial charge in [-0.15, -0.1) is 0 Å². The van der Waals surface area contributed by atoms with Gasteiger partial charge in [-0.25, -0.2) is 0 Å². The summed E-state index contributed by atoms with van der Waals surface area (Å²) in [5.41, 5.74) is -1.41. The fourth-order valence-corrected chi connectivity index (χ4v) is 4.28. The van der Waals surface area contributed by atoms with Crippen LogP contribution in [0.4, 0.5) is 0 Å². The van der Waals surface area contributed by atoms with Crippen molar-refractivity contribution in [1.29, 1.82) is 0 Å². The summed E-state index contributed by atoms with van der Waals surface area (Å²) in [4.78, 5) is 0. The molecule has 0 aliphatic heterocycles. The maximum Gasteiger partial charge on any atom is 0.159 e. The van der Waals surface area contributed by atoms with Gasteiger partial charge in [0.05, 0.1) is 7.11 Å². The first-order valence-corrected chi connectivity index (χ1v) is 7.39. The van der Waals surface area contributed by atoms with Crippen LogP contribution in [-0.4, -0.2) is 20.9 Å². The minimum atomic E-state index is -1.81. The van der Waals surface area contributed by atoms with Gasteiger partial charge in [-0.2, -0.15) is 0 Å². The Morgan fingerprint density at radius 2 is 1.58 bits per heavy atom. The third kappa shape index (κ3) is 2.32. The summed E-state index contributed by atoms with van der Waals surface area (Å²) >= 11 is 25.3. The predicted octanol–water partition coefficient (Wildman–Crippen LogP) is 4.41. The van der Waals surface area contributed by atoms with Crippen LogP contribution in [0.3, 0.4) is 0 Å². The number of halogens is 4. The van der Waals surface area contributed by atoms with Crippen molar-refractivity contribution >= 4 is 46.4 Å². The van der Waals surface area contributed by atoms with E-state index in [2.05, 4.69) is 0 Å².